The Balaban J connectivity index is 2.35. The van der Waals surface area contributed by atoms with Gasteiger partial charge in [0.1, 0.15) is 0 Å². The Bertz CT molecular complexity index is 116. The predicted octanol–water partition coefficient (Wildman–Crippen LogP) is 1.68. The summed E-state index contributed by atoms with van der Waals surface area (Å²) in [4.78, 5) is 0. The molecule has 0 aliphatic heterocycles. The van der Waals surface area contributed by atoms with Crippen molar-refractivity contribution in [3.05, 3.63) is 0 Å². The van der Waals surface area contributed by atoms with Crippen molar-refractivity contribution < 1.29 is 5.11 Å². The van der Waals surface area contributed by atoms with E-state index in [0.29, 0.717) is 6.04 Å². The van der Waals surface area contributed by atoms with E-state index in [1.165, 1.54) is 32.1 Å². The number of aliphatic hydroxyl groups is 1. The van der Waals surface area contributed by atoms with Crippen LogP contribution in [0, 0.1) is 0 Å². The summed E-state index contributed by atoms with van der Waals surface area (Å²) in [6, 6.07) is 0.336. The van der Waals surface area contributed by atoms with Gasteiger partial charge in [0.25, 0.3) is 0 Å². The summed E-state index contributed by atoms with van der Waals surface area (Å²) in [6.07, 6.45) is 8.44. The number of hydrogen-bond donors (Lipinski definition) is 2. The van der Waals surface area contributed by atoms with Crippen molar-refractivity contribution in [1.82, 2.24) is 5.32 Å². The van der Waals surface area contributed by atoms with Crippen LogP contribution in [0.3, 0.4) is 0 Å². The van der Waals surface area contributed by atoms with Crippen LogP contribution in [0.4, 0.5) is 0 Å². The number of nitrogens with one attached hydrogen (secondary N) is 1. The van der Waals surface area contributed by atoms with E-state index in [9.17, 15) is 5.11 Å². The molecule has 2 nitrogen and oxygen atoms in total. The van der Waals surface area contributed by atoms with E-state index >= 15 is 0 Å². The van der Waals surface area contributed by atoms with Crippen LogP contribution in [0.25, 0.3) is 0 Å². The molecule has 0 aromatic heterocycles. The molecule has 0 heterocycles. The summed E-state index contributed by atoms with van der Waals surface area (Å²) in [7, 11) is 1.95. The standard InChI is InChI=1S/C10H21NO/c1-11-9-7-5-3-2-4-6-8-10(9)12/h9-12H,2-8H2,1H3/t9-,10+/m0/s1. The largest absolute Gasteiger partial charge is 0.392 e. The first-order valence-corrected chi connectivity index (χ1v) is 5.20. The number of hydrogen-bond acceptors (Lipinski definition) is 2. The minimum absolute atomic E-state index is 0.118. The first-order chi connectivity index (χ1) is 5.84. The molecule has 2 atom stereocenters. The molecule has 1 rings (SSSR count). The summed E-state index contributed by atoms with van der Waals surface area (Å²) >= 11 is 0. The average molecular weight is 171 g/mol. The molecule has 1 aliphatic rings. The van der Waals surface area contributed by atoms with Gasteiger partial charge in [-0.05, 0) is 19.9 Å². The van der Waals surface area contributed by atoms with Crippen molar-refractivity contribution in [2.45, 2.75) is 57.1 Å². The number of aliphatic hydroxyl groups excluding tert-OH is 1. The van der Waals surface area contributed by atoms with Crippen LogP contribution in [0.1, 0.15) is 44.9 Å². The van der Waals surface area contributed by atoms with E-state index < -0.39 is 0 Å². The molecule has 0 aromatic rings. The molecule has 0 radical (unpaired) electrons. The molecule has 1 fully saturated rings. The highest BCUT2D eigenvalue weighted by atomic mass is 16.3. The normalized spacial score (nSPS) is 33.5. The third kappa shape index (κ3) is 3.11. The topological polar surface area (TPSA) is 32.3 Å². The molecule has 2 N–H and O–H groups in total. The maximum atomic E-state index is 9.74. The van der Waals surface area contributed by atoms with Crippen molar-refractivity contribution in [3.63, 3.8) is 0 Å². The highest BCUT2D eigenvalue weighted by molar-refractivity contribution is 4.75. The molecule has 1 aliphatic carbocycles. The molecule has 12 heavy (non-hydrogen) atoms. The monoisotopic (exact) mass is 171 g/mol. The third-order valence-electron chi connectivity index (χ3n) is 2.85. The molecule has 0 saturated heterocycles. The van der Waals surface area contributed by atoms with Gasteiger partial charge in [-0.2, -0.15) is 0 Å². The van der Waals surface area contributed by atoms with Crippen LogP contribution in [0.2, 0.25) is 0 Å². The van der Waals surface area contributed by atoms with E-state index in [1.54, 1.807) is 0 Å². The fraction of sp³-hybridized carbons (Fsp3) is 1.00. The minimum Gasteiger partial charge on any atom is -0.392 e. The Kier molecular flexibility index (Phi) is 4.62. The van der Waals surface area contributed by atoms with Crippen LogP contribution in [0.15, 0.2) is 0 Å². The zero-order valence-electron chi connectivity index (χ0n) is 8.05. The van der Waals surface area contributed by atoms with Crippen molar-refractivity contribution in [2.24, 2.45) is 0 Å². The Morgan fingerprint density at radius 3 is 2.25 bits per heavy atom. The van der Waals surface area contributed by atoms with E-state index in [4.69, 9.17) is 0 Å². The van der Waals surface area contributed by atoms with Gasteiger partial charge < -0.3 is 10.4 Å². The summed E-state index contributed by atoms with van der Waals surface area (Å²) in [5.41, 5.74) is 0. The lowest BCUT2D eigenvalue weighted by atomic mass is 10.0. The van der Waals surface area contributed by atoms with Gasteiger partial charge in [-0.25, -0.2) is 0 Å². The van der Waals surface area contributed by atoms with Crippen LogP contribution >= 0.6 is 0 Å². The summed E-state index contributed by atoms with van der Waals surface area (Å²) in [5.74, 6) is 0. The SMILES string of the molecule is CN[C@H]1CCCCCCC[C@H]1O. The second-order valence-electron chi connectivity index (χ2n) is 3.81. The second-order valence-corrected chi connectivity index (χ2v) is 3.81. The molecular weight excluding hydrogens is 150 g/mol. The summed E-state index contributed by atoms with van der Waals surface area (Å²) in [5, 5.41) is 12.9. The van der Waals surface area contributed by atoms with Crippen LogP contribution < -0.4 is 5.32 Å². The fourth-order valence-electron chi connectivity index (χ4n) is 1.98. The lowest BCUT2D eigenvalue weighted by Crippen LogP contribution is -2.37. The van der Waals surface area contributed by atoms with Gasteiger partial charge in [0.05, 0.1) is 6.10 Å². The molecule has 72 valence electrons. The lowest BCUT2D eigenvalue weighted by Gasteiger charge is -2.21. The van der Waals surface area contributed by atoms with Crippen molar-refractivity contribution in [1.29, 1.82) is 0 Å². The molecule has 1 saturated carbocycles. The van der Waals surface area contributed by atoms with E-state index in [-0.39, 0.29) is 6.10 Å². The van der Waals surface area contributed by atoms with Gasteiger partial charge in [0.15, 0.2) is 0 Å². The maximum Gasteiger partial charge on any atom is 0.0693 e. The summed E-state index contributed by atoms with van der Waals surface area (Å²) < 4.78 is 0. The fourth-order valence-corrected chi connectivity index (χ4v) is 1.98. The smallest absolute Gasteiger partial charge is 0.0693 e. The maximum absolute atomic E-state index is 9.74. The van der Waals surface area contributed by atoms with Crippen molar-refractivity contribution >= 4 is 0 Å². The highest BCUT2D eigenvalue weighted by Gasteiger charge is 2.17. The van der Waals surface area contributed by atoms with Gasteiger partial charge >= 0.3 is 0 Å². The van der Waals surface area contributed by atoms with Gasteiger partial charge in [-0.15, -0.1) is 0 Å². The Hall–Kier alpha value is -0.0800. The van der Waals surface area contributed by atoms with E-state index in [0.717, 1.165) is 12.8 Å². The quantitative estimate of drug-likeness (QED) is 0.629. The number of likely N-dealkylation sites (N-methyl/N-ethyl adjacent to an activating group) is 1. The zero-order valence-corrected chi connectivity index (χ0v) is 8.05. The zero-order chi connectivity index (χ0) is 8.81. The summed E-state index contributed by atoms with van der Waals surface area (Å²) in [6.45, 7) is 0. The Morgan fingerprint density at radius 2 is 1.58 bits per heavy atom. The van der Waals surface area contributed by atoms with E-state index in [1.807, 2.05) is 7.05 Å². The molecule has 0 unspecified atom stereocenters. The van der Waals surface area contributed by atoms with Gasteiger partial charge in [0.2, 0.25) is 0 Å². The van der Waals surface area contributed by atoms with Crippen LogP contribution in [-0.4, -0.2) is 24.3 Å². The first-order valence-electron chi connectivity index (χ1n) is 5.20. The Labute approximate surface area is 75.4 Å². The molecule has 0 aromatic carbocycles. The van der Waals surface area contributed by atoms with Crippen molar-refractivity contribution in [2.75, 3.05) is 7.05 Å². The molecule has 0 bridgehead atoms. The highest BCUT2D eigenvalue weighted by Crippen LogP contribution is 2.17. The molecule has 0 spiro atoms. The van der Waals surface area contributed by atoms with Crippen molar-refractivity contribution in [3.8, 4) is 0 Å². The average Bonchev–Trinajstić information content (AvgIpc) is 2.17. The first kappa shape index (κ1) is 10.0. The third-order valence-corrected chi connectivity index (χ3v) is 2.85. The van der Waals surface area contributed by atoms with Gasteiger partial charge in [-0.3, -0.25) is 0 Å². The van der Waals surface area contributed by atoms with E-state index in [2.05, 4.69) is 5.32 Å². The number of rotatable bonds is 1. The second kappa shape index (κ2) is 5.55. The molecular formula is C10H21NO. The van der Waals surface area contributed by atoms with Crippen LogP contribution in [0.5, 0.6) is 0 Å². The molecule has 0 amide bonds. The lowest BCUT2D eigenvalue weighted by molar-refractivity contribution is 0.116. The van der Waals surface area contributed by atoms with Gasteiger partial charge in [-0.1, -0.05) is 32.1 Å². The Morgan fingerprint density at radius 1 is 1.00 bits per heavy atom. The minimum atomic E-state index is -0.118. The predicted molar refractivity (Wildman–Crippen MR) is 51.2 cm³/mol. The molecule has 2 heteroatoms. The van der Waals surface area contributed by atoms with Crippen LogP contribution in [-0.2, 0) is 0 Å². The van der Waals surface area contributed by atoms with Gasteiger partial charge in [0, 0.05) is 6.04 Å².